The highest BCUT2D eigenvalue weighted by Gasteiger charge is 2.23. The third-order valence-corrected chi connectivity index (χ3v) is 2.42. The van der Waals surface area contributed by atoms with Crippen LogP contribution in [0.15, 0.2) is 24.5 Å². The molecule has 2 heterocycles. The first-order chi connectivity index (χ1) is 7.25. The van der Waals surface area contributed by atoms with E-state index in [0.29, 0.717) is 12.2 Å². The van der Waals surface area contributed by atoms with E-state index in [1.807, 2.05) is 0 Å². The van der Waals surface area contributed by atoms with Gasteiger partial charge in [-0.25, -0.2) is 4.79 Å². The molecular formula is C10H14N4O. The number of carbonyl (C=O) groups is 1. The van der Waals surface area contributed by atoms with E-state index in [2.05, 4.69) is 10.3 Å². The Kier molecular flexibility index (Phi) is 2.82. The number of anilines is 1. The molecule has 2 amide bonds. The molecule has 0 aromatic carbocycles. The summed E-state index contributed by atoms with van der Waals surface area (Å²) in [5.74, 6) is 0. The second kappa shape index (κ2) is 4.27. The minimum absolute atomic E-state index is 0.101. The minimum atomic E-state index is -0.101. The molecule has 0 unspecified atom stereocenters. The van der Waals surface area contributed by atoms with Gasteiger partial charge in [-0.2, -0.15) is 0 Å². The number of pyridine rings is 1. The van der Waals surface area contributed by atoms with Crippen molar-refractivity contribution in [2.75, 3.05) is 18.4 Å². The zero-order valence-corrected chi connectivity index (χ0v) is 8.39. The van der Waals surface area contributed by atoms with E-state index in [4.69, 9.17) is 5.73 Å². The summed E-state index contributed by atoms with van der Waals surface area (Å²) in [5.41, 5.74) is 6.43. The lowest BCUT2D eigenvalue weighted by Crippen LogP contribution is -2.35. The Hall–Kier alpha value is -1.62. The lowest BCUT2D eigenvalue weighted by Gasteiger charge is -2.16. The van der Waals surface area contributed by atoms with Crippen LogP contribution in [-0.2, 0) is 0 Å². The smallest absolute Gasteiger partial charge is 0.321 e. The maximum atomic E-state index is 11.7. The van der Waals surface area contributed by atoms with E-state index in [-0.39, 0.29) is 12.1 Å². The molecule has 0 bridgehead atoms. The summed E-state index contributed by atoms with van der Waals surface area (Å²) in [5, 5.41) is 2.77. The second-order valence-corrected chi connectivity index (χ2v) is 3.67. The lowest BCUT2D eigenvalue weighted by atomic mass is 10.3. The predicted octanol–water partition coefficient (Wildman–Crippen LogP) is 0.646. The van der Waals surface area contributed by atoms with Crippen LogP contribution in [0.4, 0.5) is 10.5 Å². The number of hydrogen-bond donors (Lipinski definition) is 2. The van der Waals surface area contributed by atoms with Crippen LogP contribution in [0, 0.1) is 0 Å². The molecular weight excluding hydrogens is 192 g/mol. The van der Waals surface area contributed by atoms with Crippen LogP contribution in [-0.4, -0.2) is 35.0 Å². The summed E-state index contributed by atoms with van der Waals surface area (Å²) in [4.78, 5) is 17.3. The molecule has 0 saturated carbocycles. The van der Waals surface area contributed by atoms with Crippen LogP contribution < -0.4 is 11.1 Å². The zero-order valence-electron chi connectivity index (χ0n) is 8.39. The number of likely N-dealkylation sites (tertiary alicyclic amines) is 1. The molecule has 80 valence electrons. The van der Waals surface area contributed by atoms with Crippen molar-refractivity contribution in [2.24, 2.45) is 5.73 Å². The Bertz CT molecular complexity index is 341. The van der Waals surface area contributed by atoms with Crippen LogP contribution in [0.3, 0.4) is 0 Å². The SMILES string of the molecule is N[C@@H]1CCN(C(=O)Nc2cccnc2)C1. The van der Waals surface area contributed by atoms with Gasteiger partial charge in [0.25, 0.3) is 0 Å². The Balaban J connectivity index is 1.93. The third kappa shape index (κ3) is 2.44. The number of nitrogens with two attached hydrogens (primary N) is 1. The first kappa shape index (κ1) is 9.92. The molecule has 1 aromatic heterocycles. The number of carbonyl (C=O) groups excluding carboxylic acids is 1. The zero-order chi connectivity index (χ0) is 10.7. The molecule has 15 heavy (non-hydrogen) atoms. The Morgan fingerprint density at radius 3 is 3.13 bits per heavy atom. The molecule has 1 fully saturated rings. The number of amides is 2. The van der Waals surface area contributed by atoms with Gasteiger partial charge in [-0.05, 0) is 18.6 Å². The van der Waals surface area contributed by atoms with Gasteiger partial charge in [0.05, 0.1) is 11.9 Å². The third-order valence-electron chi connectivity index (χ3n) is 2.42. The molecule has 0 aliphatic carbocycles. The van der Waals surface area contributed by atoms with Gasteiger partial charge in [0.1, 0.15) is 0 Å². The van der Waals surface area contributed by atoms with Crippen LogP contribution >= 0.6 is 0 Å². The van der Waals surface area contributed by atoms with E-state index < -0.39 is 0 Å². The molecule has 3 N–H and O–H groups in total. The molecule has 2 rings (SSSR count). The number of hydrogen-bond acceptors (Lipinski definition) is 3. The summed E-state index contributed by atoms with van der Waals surface area (Å²) in [7, 11) is 0. The van der Waals surface area contributed by atoms with Crippen molar-refractivity contribution in [3.05, 3.63) is 24.5 Å². The van der Waals surface area contributed by atoms with Gasteiger partial charge in [-0.15, -0.1) is 0 Å². The van der Waals surface area contributed by atoms with Crippen LogP contribution in [0.1, 0.15) is 6.42 Å². The number of rotatable bonds is 1. The topological polar surface area (TPSA) is 71.2 Å². The fourth-order valence-electron chi connectivity index (χ4n) is 1.61. The van der Waals surface area contributed by atoms with E-state index in [0.717, 1.165) is 13.0 Å². The van der Waals surface area contributed by atoms with Crippen LogP contribution in [0.25, 0.3) is 0 Å². The number of urea groups is 1. The summed E-state index contributed by atoms with van der Waals surface area (Å²) >= 11 is 0. The molecule has 0 spiro atoms. The average molecular weight is 206 g/mol. The molecule has 1 aliphatic rings. The summed E-state index contributed by atoms with van der Waals surface area (Å²) in [6.07, 6.45) is 4.16. The maximum absolute atomic E-state index is 11.7. The van der Waals surface area contributed by atoms with Gasteiger partial charge in [0.2, 0.25) is 0 Å². The number of aromatic nitrogens is 1. The van der Waals surface area contributed by atoms with Gasteiger partial charge < -0.3 is 16.0 Å². The van der Waals surface area contributed by atoms with Crippen molar-refractivity contribution in [2.45, 2.75) is 12.5 Å². The first-order valence-corrected chi connectivity index (χ1v) is 4.97. The quantitative estimate of drug-likeness (QED) is 0.708. The normalized spacial score (nSPS) is 20.3. The average Bonchev–Trinajstić information content (AvgIpc) is 2.66. The van der Waals surface area contributed by atoms with Gasteiger partial charge in [0.15, 0.2) is 0 Å². The van der Waals surface area contributed by atoms with Gasteiger partial charge in [-0.3, -0.25) is 4.98 Å². The van der Waals surface area contributed by atoms with E-state index in [9.17, 15) is 4.79 Å². The minimum Gasteiger partial charge on any atom is -0.326 e. The van der Waals surface area contributed by atoms with Crippen molar-refractivity contribution in [1.29, 1.82) is 0 Å². The molecule has 1 aliphatic heterocycles. The van der Waals surface area contributed by atoms with Crippen molar-refractivity contribution in [3.63, 3.8) is 0 Å². The largest absolute Gasteiger partial charge is 0.326 e. The van der Waals surface area contributed by atoms with E-state index in [1.54, 1.807) is 29.4 Å². The molecule has 0 radical (unpaired) electrons. The maximum Gasteiger partial charge on any atom is 0.321 e. The van der Waals surface area contributed by atoms with Crippen molar-refractivity contribution >= 4 is 11.7 Å². The summed E-state index contributed by atoms with van der Waals surface area (Å²) in [6, 6.07) is 3.60. The fourth-order valence-corrected chi connectivity index (χ4v) is 1.61. The van der Waals surface area contributed by atoms with Gasteiger partial charge in [-0.1, -0.05) is 0 Å². The van der Waals surface area contributed by atoms with Crippen molar-refractivity contribution in [3.8, 4) is 0 Å². The molecule has 1 aromatic rings. The summed E-state index contributed by atoms with van der Waals surface area (Å²) < 4.78 is 0. The summed E-state index contributed by atoms with van der Waals surface area (Å²) in [6.45, 7) is 1.36. The first-order valence-electron chi connectivity index (χ1n) is 4.97. The van der Waals surface area contributed by atoms with Crippen LogP contribution in [0.2, 0.25) is 0 Å². The van der Waals surface area contributed by atoms with E-state index >= 15 is 0 Å². The number of nitrogens with one attached hydrogen (secondary N) is 1. The monoisotopic (exact) mass is 206 g/mol. The predicted molar refractivity (Wildman–Crippen MR) is 57.4 cm³/mol. The molecule has 5 heteroatoms. The molecule has 1 saturated heterocycles. The van der Waals surface area contributed by atoms with Crippen LogP contribution in [0.5, 0.6) is 0 Å². The second-order valence-electron chi connectivity index (χ2n) is 3.67. The Morgan fingerprint density at radius 2 is 2.53 bits per heavy atom. The van der Waals surface area contributed by atoms with Gasteiger partial charge in [0, 0.05) is 25.3 Å². The van der Waals surface area contributed by atoms with E-state index in [1.165, 1.54) is 0 Å². The highest BCUT2D eigenvalue weighted by Crippen LogP contribution is 2.10. The fraction of sp³-hybridized carbons (Fsp3) is 0.400. The van der Waals surface area contributed by atoms with Gasteiger partial charge >= 0.3 is 6.03 Å². The van der Waals surface area contributed by atoms with Crippen molar-refractivity contribution < 1.29 is 4.79 Å². The standard InChI is InChI=1S/C10H14N4O/c11-8-3-5-14(7-8)10(15)13-9-2-1-4-12-6-9/h1-2,4,6,8H,3,5,7,11H2,(H,13,15)/t8-/m1/s1. The molecule has 5 nitrogen and oxygen atoms in total. The Labute approximate surface area is 88.3 Å². The highest BCUT2D eigenvalue weighted by atomic mass is 16.2. The lowest BCUT2D eigenvalue weighted by molar-refractivity contribution is 0.222. The number of nitrogens with zero attached hydrogens (tertiary/aromatic N) is 2. The molecule has 1 atom stereocenters. The Morgan fingerprint density at radius 1 is 1.67 bits per heavy atom. The highest BCUT2D eigenvalue weighted by molar-refractivity contribution is 5.89. The van der Waals surface area contributed by atoms with Crippen molar-refractivity contribution in [1.82, 2.24) is 9.88 Å².